The Morgan fingerprint density at radius 3 is 2.38 bits per heavy atom. The first kappa shape index (κ1) is 19.2. The van der Waals surface area contributed by atoms with Crippen LogP contribution < -0.4 is 5.32 Å². The molecule has 0 aliphatic carbocycles. The van der Waals surface area contributed by atoms with Crippen molar-refractivity contribution in [3.63, 3.8) is 0 Å². The lowest BCUT2D eigenvalue weighted by molar-refractivity contribution is -0.132. The zero-order valence-electron chi connectivity index (χ0n) is 14.5. The molecule has 2 fully saturated rings. The lowest BCUT2D eigenvalue weighted by Gasteiger charge is -2.33. The quantitative estimate of drug-likeness (QED) is 0.883. The van der Waals surface area contributed by atoms with Gasteiger partial charge in [-0.2, -0.15) is 0 Å². The average Bonchev–Trinajstić information content (AvgIpc) is 2.62. The highest BCUT2D eigenvalue weighted by molar-refractivity contribution is 5.85. The van der Waals surface area contributed by atoms with Crippen molar-refractivity contribution in [2.45, 2.75) is 25.7 Å². The Bertz CT molecular complexity index is 483. The summed E-state index contributed by atoms with van der Waals surface area (Å²) in [5.74, 6) is 1.13. The predicted molar refractivity (Wildman–Crippen MR) is 101 cm³/mol. The standard InChI is InChI=1S/C19H29N3O.ClH/c23-19(22-14-9-20-10-15-22)8-13-21-11-6-18(7-12-21)16-17-4-2-1-3-5-17;/h1-5,18,20H,6-16H2;1H. The first-order valence-electron chi connectivity index (χ1n) is 9.06. The van der Waals surface area contributed by atoms with Gasteiger partial charge in [-0.05, 0) is 43.8 Å². The van der Waals surface area contributed by atoms with Gasteiger partial charge in [0.25, 0.3) is 0 Å². The molecule has 2 saturated heterocycles. The summed E-state index contributed by atoms with van der Waals surface area (Å²) in [5, 5.41) is 3.30. The van der Waals surface area contributed by atoms with E-state index in [2.05, 4.69) is 40.5 Å². The number of hydrogen-bond acceptors (Lipinski definition) is 3. The molecular weight excluding hydrogens is 322 g/mol. The van der Waals surface area contributed by atoms with E-state index in [1.165, 1.54) is 24.8 Å². The molecule has 1 aromatic rings. The van der Waals surface area contributed by atoms with Crippen molar-refractivity contribution >= 4 is 18.3 Å². The molecule has 0 unspecified atom stereocenters. The second kappa shape index (κ2) is 10.0. The van der Waals surface area contributed by atoms with Crippen LogP contribution in [0, 0.1) is 5.92 Å². The molecule has 4 nitrogen and oxygen atoms in total. The van der Waals surface area contributed by atoms with Gasteiger partial charge in [0, 0.05) is 39.1 Å². The third-order valence-corrected chi connectivity index (χ3v) is 5.19. The smallest absolute Gasteiger partial charge is 0.223 e. The van der Waals surface area contributed by atoms with Crippen molar-refractivity contribution in [1.82, 2.24) is 15.1 Å². The lowest BCUT2D eigenvalue weighted by atomic mass is 9.90. The van der Waals surface area contributed by atoms with Gasteiger partial charge < -0.3 is 15.1 Å². The fourth-order valence-electron chi connectivity index (χ4n) is 3.69. The van der Waals surface area contributed by atoms with Gasteiger partial charge in [0.2, 0.25) is 5.91 Å². The van der Waals surface area contributed by atoms with Crippen molar-refractivity contribution < 1.29 is 4.79 Å². The molecule has 24 heavy (non-hydrogen) atoms. The molecule has 2 aliphatic heterocycles. The molecule has 0 radical (unpaired) electrons. The fraction of sp³-hybridized carbons (Fsp3) is 0.632. The van der Waals surface area contributed by atoms with E-state index in [9.17, 15) is 4.79 Å². The highest BCUT2D eigenvalue weighted by Crippen LogP contribution is 2.21. The molecule has 1 N–H and O–H groups in total. The fourth-order valence-corrected chi connectivity index (χ4v) is 3.69. The van der Waals surface area contributed by atoms with Crippen LogP contribution in [-0.4, -0.2) is 61.5 Å². The van der Waals surface area contributed by atoms with Gasteiger partial charge in [-0.15, -0.1) is 12.4 Å². The van der Waals surface area contributed by atoms with E-state index in [-0.39, 0.29) is 12.4 Å². The lowest BCUT2D eigenvalue weighted by Crippen LogP contribution is -2.47. The predicted octanol–water partition coefficient (Wildman–Crippen LogP) is 2.18. The number of piperazine rings is 1. The van der Waals surface area contributed by atoms with Crippen molar-refractivity contribution in [2.24, 2.45) is 5.92 Å². The Balaban J connectivity index is 0.00000208. The molecule has 0 atom stereocenters. The molecule has 1 aromatic carbocycles. The molecule has 3 rings (SSSR count). The number of amides is 1. The third-order valence-electron chi connectivity index (χ3n) is 5.19. The minimum absolute atomic E-state index is 0. The number of nitrogens with zero attached hydrogens (tertiary/aromatic N) is 2. The molecule has 5 heteroatoms. The van der Waals surface area contributed by atoms with Crippen LogP contribution in [-0.2, 0) is 11.2 Å². The second-order valence-electron chi connectivity index (χ2n) is 6.86. The summed E-state index contributed by atoms with van der Waals surface area (Å²) < 4.78 is 0. The number of halogens is 1. The Hall–Kier alpha value is -1.10. The van der Waals surface area contributed by atoms with E-state index < -0.39 is 0 Å². The first-order chi connectivity index (χ1) is 11.3. The van der Waals surface area contributed by atoms with Gasteiger partial charge >= 0.3 is 0 Å². The summed E-state index contributed by atoms with van der Waals surface area (Å²) in [5.41, 5.74) is 1.46. The molecule has 0 spiro atoms. The summed E-state index contributed by atoms with van der Waals surface area (Å²) >= 11 is 0. The van der Waals surface area contributed by atoms with Crippen molar-refractivity contribution in [3.8, 4) is 0 Å². The van der Waals surface area contributed by atoms with Crippen LogP contribution in [0.5, 0.6) is 0 Å². The Morgan fingerprint density at radius 1 is 1.04 bits per heavy atom. The summed E-state index contributed by atoms with van der Waals surface area (Å²) in [4.78, 5) is 16.7. The number of benzene rings is 1. The summed E-state index contributed by atoms with van der Waals surface area (Å²) in [6, 6.07) is 10.8. The van der Waals surface area contributed by atoms with Gasteiger partial charge in [0.1, 0.15) is 0 Å². The molecule has 0 saturated carbocycles. The van der Waals surface area contributed by atoms with Crippen LogP contribution in [0.15, 0.2) is 30.3 Å². The topological polar surface area (TPSA) is 35.6 Å². The molecule has 134 valence electrons. The maximum absolute atomic E-state index is 12.2. The number of carbonyl (C=O) groups excluding carboxylic acids is 1. The van der Waals surface area contributed by atoms with Gasteiger partial charge in [0.05, 0.1) is 0 Å². The molecular formula is C19H30ClN3O. The third kappa shape index (κ3) is 5.76. The number of rotatable bonds is 5. The monoisotopic (exact) mass is 351 g/mol. The molecule has 1 amide bonds. The van der Waals surface area contributed by atoms with Crippen LogP contribution in [0.1, 0.15) is 24.8 Å². The number of carbonyl (C=O) groups is 1. The Kier molecular flexibility index (Phi) is 8.03. The largest absolute Gasteiger partial charge is 0.340 e. The average molecular weight is 352 g/mol. The minimum Gasteiger partial charge on any atom is -0.340 e. The number of hydrogen-bond donors (Lipinski definition) is 1. The van der Waals surface area contributed by atoms with Crippen LogP contribution in [0.3, 0.4) is 0 Å². The molecule has 0 bridgehead atoms. The Labute approximate surface area is 152 Å². The first-order valence-corrected chi connectivity index (χ1v) is 9.06. The van der Waals surface area contributed by atoms with Crippen LogP contribution in [0.25, 0.3) is 0 Å². The highest BCUT2D eigenvalue weighted by Gasteiger charge is 2.21. The van der Waals surface area contributed by atoms with Crippen molar-refractivity contribution in [2.75, 3.05) is 45.8 Å². The van der Waals surface area contributed by atoms with Gasteiger partial charge in [-0.25, -0.2) is 0 Å². The zero-order chi connectivity index (χ0) is 15.9. The van der Waals surface area contributed by atoms with E-state index in [4.69, 9.17) is 0 Å². The van der Waals surface area contributed by atoms with Crippen LogP contribution in [0.2, 0.25) is 0 Å². The van der Waals surface area contributed by atoms with E-state index in [1.807, 2.05) is 4.90 Å². The normalized spacial score (nSPS) is 19.8. The Morgan fingerprint density at radius 2 is 1.71 bits per heavy atom. The summed E-state index contributed by atoms with van der Waals surface area (Å²) in [7, 11) is 0. The van der Waals surface area contributed by atoms with E-state index in [0.717, 1.165) is 51.7 Å². The van der Waals surface area contributed by atoms with Gasteiger partial charge in [-0.3, -0.25) is 4.79 Å². The minimum atomic E-state index is 0. The molecule has 2 aliphatic rings. The molecule has 2 heterocycles. The van der Waals surface area contributed by atoms with Gasteiger partial charge in [0.15, 0.2) is 0 Å². The summed E-state index contributed by atoms with van der Waals surface area (Å²) in [6.45, 7) is 6.85. The van der Waals surface area contributed by atoms with Crippen LogP contribution >= 0.6 is 12.4 Å². The number of piperidine rings is 1. The van der Waals surface area contributed by atoms with E-state index in [0.29, 0.717) is 12.3 Å². The van der Waals surface area contributed by atoms with Crippen molar-refractivity contribution in [3.05, 3.63) is 35.9 Å². The van der Waals surface area contributed by atoms with E-state index in [1.54, 1.807) is 0 Å². The maximum atomic E-state index is 12.2. The van der Waals surface area contributed by atoms with Crippen LogP contribution in [0.4, 0.5) is 0 Å². The second-order valence-corrected chi connectivity index (χ2v) is 6.86. The maximum Gasteiger partial charge on any atom is 0.223 e. The highest BCUT2D eigenvalue weighted by atomic mass is 35.5. The molecule has 0 aromatic heterocycles. The zero-order valence-corrected chi connectivity index (χ0v) is 15.3. The number of nitrogens with one attached hydrogen (secondary N) is 1. The summed E-state index contributed by atoms with van der Waals surface area (Å²) in [6.07, 6.45) is 4.41. The van der Waals surface area contributed by atoms with Crippen molar-refractivity contribution in [1.29, 1.82) is 0 Å². The SMILES string of the molecule is Cl.O=C(CCN1CCC(Cc2ccccc2)CC1)N1CCNCC1. The number of likely N-dealkylation sites (tertiary alicyclic amines) is 1. The van der Waals surface area contributed by atoms with E-state index >= 15 is 0 Å². The van der Waals surface area contributed by atoms with Gasteiger partial charge in [-0.1, -0.05) is 30.3 Å².